The summed E-state index contributed by atoms with van der Waals surface area (Å²) in [6.45, 7) is 7.04. The Labute approximate surface area is 145 Å². The second-order valence-electron chi connectivity index (χ2n) is 6.77. The van der Waals surface area contributed by atoms with E-state index in [9.17, 15) is 24.5 Å². The summed E-state index contributed by atoms with van der Waals surface area (Å²) in [5, 5.41) is 10.6. The molecule has 1 rings (SSSR count). The summed E-state index contributed by atoms with van der Waals surface area (Å²) in [6, 6.07) is 4.79. The van der Waals surface area contributed by atoms with E-state index in [0.717, 1.165) is 12.1 Å². The van der Waals surface area contributed by atoms with Gasteiger partial charge in [0.25, 0.3) is 5.69 Å². The minimum atomic E-state index is -1.64. The number of ether oxygens (including phenoxy) is 2. The minimum absolute atomic E-state index is 0.0701. The Balaban J connectivity index is 2.86. The number of nitro benzene ring substituents is 1. The molecule has 0 radical (unpaired) electrons. The first-order valence-corrected chi connectivity index (χ1v) is 7.53. The molecule has 0 aliphatic heterocycles. The largest absolute Gasteiger partial charge is 0.460 e. The van der Waals surface area contributed by atoms with E-state index in [-0.39, 0.29) is 11.3 Å². The van der Waals surface area contributed by atoms with E-state index >= 15 is 0 Å². The lowest BCUT2D eigenvalue weighted by Gasteiger charge is -2.29. The van der Waals surface area contributed by atoms with Crippen molar-refractivity contribution in [3.63, 3.8) is 0 Å². The summed E-state index contributed by atoms with van der Waals surface area (Å²) in [4.78, 5) is 46.2. The Morgan fingerprint density at radius 1 is 1.08 bits per heavy atom. The van der Waals surface area contributed by atoms with Gasteiger partial charge in [-0.3, -0.25) is 19.7 Å². The zero-order valence-electron chi connectivity index (χ0n) is 14.8. The number of nitro groups is 1. The van der Waals surface area contributed by atoms with E-state index in [4.69, 9.17) is 9.47 Å². The van der Waals surface area contributed by atoms with E-state index in [1.54, 1.807) is 20.8 Å². The minimum Gasteiger partial charge on any atom is -0.460 e. The van der Waals surface area contributed by atoms with Gasteiger partial charge in [0, 0.05) is 12.1 Å². The number of non-ortho nitro benzene ring substituents is 1. The van der Waals surface area contributed by atoms with Gasteiger partial charge in [0.2, 0.25) is 0 Å². The Hall–Kier alpha value is -2.77. The van der Waals surface area contributed by atoms with Gasteiger partial charge in [-0.05, 0) is 46.8 Å². The van der Waals surface area contributed by atoms with E-state index in [1.807, 2.05) is 0 Å². The SMILES string of the molecule is CC(=O)C(C)(COC(=O)c1ccc([N+](=O)[O-])cc1)C(=O)OC(C)(C)C. The maximum absolute atomic E-state index is 12.3. The van der Waals surface area contributed by atoms with Crippen LogP contribution in [0.5, 0.6) is 0 Å². The van der Waals surface area contributed by atoms with Gasteiger partial charge in [-0.1, -0.05) is 0 Å². The Morgan fingerprint density at radius 3 is 2.00 bits per heavy atom. The predicted molar refractivity (Wildman–Crippen MR) is 88.0 cm³/mol. The molecule has 1 atom stereocenters. The monoisotopic (exact) mass is 351 g/mol. The van der Waals surface area contributed by atoms with Crippen molar-refractivity contribution in [2.45, 2.75) is 40.2 Å². The average Bonchev–Trinajstić information content (AvgIpc) is 2.50. The topological polar surface area (TPSA) is 113 Å². The third-order valence-electron chi connectivity index (χ3n) is 3.43. The first-order chi connectivity index (χ1) is 11.4. The lowest BCUT2D eigenvalue weighted by Crippen LogP contribution is -2.44. The van der Waals surface area contributed by atoms with Crippen LogP contribution >= 0.6 is 0 Å². The molecule has 0 N–H and O–H groups in total. The molecule has 0 saturated carbocycles. The molecular weight excluding hydrogens is 330 g/mol. The number of rotatable bonds is 6. The normalized spacial score (nSPS) is 13.5. The first kappa shape index (κ1) is 20.3. The Morgan fingerprint density at radius 2 is 1.60 bits per heavy atom. The number of benzene rings is 1. The van der Waals surface area contributed by atoms with Gasteiger partial charge in [-0.2, -0.15) is 0 Å². The molecule has 0 saturated heterocycles. The molecule has 0 fully saturated rings. The van der Waals surface area contributed by atoms with Crippen LogP contribution in [-0.2, 0) is 19.1 Å². The van der Waals surface area contributed by atoms with Crippen molar-refractivity contribution in [3.8, 4) is 0 Å². The van der Waals surface area contributed by atoms with Gasteiger partial charge in [0.05, 0.1) is 10.5 Å². The first-order valence-electron chi connectivity index (χ1n) is 7.53. The third kappa shape index (κ3) is 5.37. The molecule has 0 aromatic heterocycles. The van der Waals surface area contributed by atoms with Gasteiger partial charge in [0.1, 0.15) is 18.0 Å². The zero-order valence-corrected chi connectivity index (χ0v) is 14.8. The van der Waals surface area contributed by atoms with Crippen LogP contribution in [-0.4, -0.2) is 34.9 Å². The number of hydrogen-bond donors (Lipinski definition) is 0. The maximum atomic E-state index is 12.3. The highest BCUT2D eigenvalue weighted by Crippen LogP contribution is 2.25. The Bertz CT molecular complexity index is 688. The maximum Gasteiger partial charge on any atom is 0.338 e. The van der Waals surface area contributed by atoms with Gasteiger partial charge in [0.15, 0.2) is 5.41 Å². The molecule has 136 valence electrons. The molecule has 1 aromatic carbocycles. The molecule has 0 aliphatic rings. The van der Waals surface area contributed by atoms with Gasteiger partial charge in [-0.15, -0.1) is 0 Å². The molecule has 1 aromatic rings. The molecule has 0 amide bonds. The van der Waals surface area contributed by atoms with E-state index in [2.05, 4.69) is 0 Å². The fourth-order valence-corrected chi connectivity index (χ4v) is 1.71. The second-order valence-corrected chi connectivity index (χ2v) is 6.77. The summed E-state index contributed by atoms with van der Waals surface area (Å²) >= 11 is 0. The van der Waals surface area contributed by atoms with Crippen molar-refractivity contribution in [1.82, 2.24) is 0 Å². The third-order valence-corrected chi connectivity index (χ3v) is 3.43. The van der Waals surface area contributed by atoms with Crippen molar-refractivity contribution in [2.24, 2.45) is 5.41 Å². The summed E-state index contributed by atoms with van der Waals surface area (Å²) in [5.74, 6) is -2.09. The molecular formula is C17H21NO7. The van der Waals surface area contributed by atoms with Crippen LogP contribution in [0.25, 0.3) is 0 Å². The van der Waals surface area contributed by atoms with Crippen LogP contribution in [0.1, 0.15) is 45.0 Å². The predicted octanol–water partition coefficient (Wildman–Crippen LogP) is 2.69. The van der Waals surface area contributed by atoms with E-state index in [1.165, 1.54) is 26.0 Å². The average molecular weight is 351 g/mol. The number of esters is 2. The molecule has 0 aliphatic carbocycles. The molecule has 1 unspecified atom stereocenters. The van der Waals surface area contributed by atoms with E-state index in [0.29, 0.717) is 0 Å². The summed E-state index contributed by atoms with van der Waals surface area (Å²) in [6.07, 6.45) is 0. The summed E-state index contributed by atoms with van der Waals surface area (Å²) in [7, 11) is 0. The van der Waals surface area contributed by atoms with Crippen molar-refractivity contribution < 1.29 is 28.8 Å². The quantitative estimate of drug-likeness (QED) is 0.335. The van der Waals surface area contributed by atoms with Gasteiger partial charge in [-0.25, -0.2) is 4.79 Å². The number of carbonyl (C=O) groups is 3. The van der Waals surface area contributed by atoms with Crippen LogP contribution < -0.4 is 0 Å². The highest BCUT2D eigenvalue weighted by atomic mass is 16.6. The molecule has 0 heterocycles. The van der Waals surface area contributed by atoms with Crippen LogP contribution in [0, 0.1) is 15.5 Å². The number of Topliss-reactive ketones (excluding diaryl/α,β-unsaturated/α-hetero) is 1. The van der Waals surface area contributed by atoms with Crippen molar-refractivity contribution in [3.05, 3.63) is 39.9 Å². The second kappa shape index (κ2) is 7.42. The number of carbonyl (C=O) groups excluding carboxylic acids is 3. The molecule has 8 nitrogen and oxygen atoms in total. The molecule has 8 heteroatoms. The van der Waals surface area contributed by atoms with Crippen molar-refractivity contribution in [2.75, 3.05) is 6.61 Å². The van der Waals surface area contributed by atoms with Crippen molar-refractivity contribution >= 4 is 23.4 Å². The lowest BCUT2D eigenvalue weighted by molar-refractivity contribution is -0.384. The van der Waals surface area contributed by atoms with Crippen LogP contribution in [0.4, 0.5) is 5.69 Å². The highest BCUT2D eigenvalue weighted by molar-refractivity contribution is 6.03. The van der Waals surface area contributed by atoms with Crippen LogP contribution in [0.3, 0.4) is 0 Å². The number of nitrogens with zero attached hydrogens (tertiary/aromatic N) is 1. The smallest absolute Gasteiger partial charge is 0.338 e. The molecule has 0 spiro atoms. The fraction of sp³-hybridized carbons (Fsp3) is 0.471. The fourth-order valence-electron chi connectivity index (χ4n) is 1.71. The standard InChI is InChI=1S/C17H21NO7/c1-11(19)17(5,15(21)25-16(2,3)4)10-24-14(20)12-6-8-13(9-7-12)18(22)23/h6-9H,10H2,1-5H3. The van der Waals surface area contributed by atoms with Gasteiger partial charge >= 0.3 is 11.9 Å². The van der Waals surface area contributed by atoms with Crippen LogP contribution in [0.2, 0.25) is 0 Å². The summed E-state index contributed by atoms with van der Waals surface area (Å²) < 4.78 is 10.3. The highest BCUT2D eigenvalue weighted by Gasteiger charge is 2.43. The van der Waals surface area contributed by atoms with Gasteiger partial charge < -0.3 is 9.47 Å². The molecule has 0 bridgehead atoms. The number of ketones is 1. The van der Waals surface area contributed by atoms with Crippen LogP contribution in [0.15, 0.2) is 24.3 Å². The van der Waals surface area contributed by atoms with E-state index < -0.39 is 40.3 Å². The van der Waals surface area contributed by atoms with Crippen molar-refractivity contribution in [1.29, 1.82) is 0 Å². The number of hydrogen-bond acceptors (Lipinski definition) is 7. The molecule has 25 heavy (non-hydrogen) atoms. The zero-order chi connectivity index (χ0) is 19.4. The summed E-state index contributed by atoms with van der Waals surface area (Å²) in [5.41, 5.74) is -2.53. The lowest BCUT2D eigenvalue weighted by atomic mass is 9.87. The Kier molecular flexibility index (Phi) is 6.01.